The lowest BCUT2D eigenvalue weighted by atomic mass is 10.2. The summed E-state index contributed by atoms with van der Waals surface area (Å²) in [6, 6.07) is 2.33. The number of amides is 3. The summed E-state index contributed by atoms with van der Waals surface area (Å²) in [5.41, 5.74) is -0.416. The number of likely N-dealkylation sites (N-methyl/N-ethyl adjacent to an activating group) is 2. The van der Waals surface area contributed by atoms with E-state index < -0.39 is 17.8 Å². The molecule has 3 amide bonds. The van der Waals surface area contributed by atoms with Crippen molar-refractivity contribution in [1.82, 2.24) is 10.2 Å². The number of carboxylic acid groups (broad SMARTS) is 1. The van der Waals surface area contributed by atoms with Crippen molar-refractivity contribution in [2.24, 2.45) is 0 Å². The molecule has 0 aliphatic carbocycles. The summed E-state index contributed by atoms with van der Waals surface area (Å²) < 4.78 is 13.5. The highest BCUT2D eigenvalue weighted by Crippen LogP contribution is 2.16. The summed E-state index contributed by atoms with van der Waals surface area (Å²) in [7, 11) is 1.36. The Bertz CT molecular complexity index is 562. The molecule has 21 heavy (non-hydrogen) atoms. The molecule has 0 aliphatic rings. The number of benzene rings is 1. The van der Waals surface area contributed by atoms with E-state index in [4.69, 9.17) is 5.11 Å². The Hall–Kier alpha value is -2.64. The summed E-state index contributed by atoms with van der Waals surface area (Å²) in [5, 5.41) is 13.6. The van der Waals surface area contributed by atoms with Crippen LogP contribution in [0.5, 0.6) is 0 Å². The molecule has 0 unspecified atom stereocenters. The lowest BCUT2D eigenvalue weighted by molar-refractivity contribution is -0.121. The molecule has 0 aliphatic heterocycles. The molecular formula is C13H16FN3O4. The van der Waals surface area contributed by atoms with Gasteiger partial charge in [0.1, 0.15) is 12.4 Å². The van der Waals surface area contributed by atoms with Crippen molar-refractivity contribution in [3.63, 3.8) is 0 Å². The summed E-state index contributed by atoms with van der Waals surface area (Å²) in [5.74, 6) is -2.35. The maximum Gasteiger partial charge on any atom is 0.335 e. The van der Waals surface area contributed by atoms with Gasteiger partial charge >= 0.3 is 12.0 Å². The van der Waals surface area contributed by atoms with E-state index in [1.165, 1.54) is 7.05 Å². The van der Waals surface area contributed by atoms with Crippen LogP contribution < -0.4 is 10.6 Å². The second-order valence-corrected chi connectivity index (χ2v) is 4.24. The van der Waals surface area contributed by atoms with Gasteiger partial charge in [-0.15, -0.1) is 0 Å². The quantitative estimate of drug-likeness (QED) is 0.758. The lowest BCUT2D eigenvalue weighted by Crippen LogP contribution is -2.40. The molecule has 114 valence electrons. The van der Waals surface area contributed by atoms with Crippen LogP contribution in [0.15, 0.2) is 18.2 Å². The highest BCUT2D eigenvalue weighted by Gasteiger charge is 2.15. The number of nitrogens with one attached hydrogen (secondary N) is 2. The Balaban J connectivity index is 2.76. The molecule has 0 aromatic heterocycles. The molecule has 0 saturated heterocycles. The first kappa shape index (κ1) is 16.4. The van der Waals surface area contributed by atoms with Crippen LogP contribution in [0.25, 0.3) is 0 Å². The van der Waals surface area contributed by atoms with Gasteiger partial charge in [0.15, 0.2) is 0 Å². The summed E-state index contributed by atoms with van der Waals surface area (Å²) in [6.07, 6.45) is 0. The molecule has 7 nitrogen and oxygen atoms in total. The zero-order valence-corrected chi connectivity index (χ0v) is 11.6. The van der Waals surface area contributed by atoms with E-state index in [9.17, 15) is 18.8 Å². The fourth-order valence-electron chi connectivity index (χ4n) is 1.51. The zero-order valence-electron chi connectivity index (χ0n) is 11.6. The van der Waals surface area contributed by atoms with Gasteiger partial charge in [0.05, 0.1) is 11.3 Å². The van der Waals surface area contributed by atoms with Crippen LogP contribution in [-0.2, 0) is 4.79 Å². The molecule has 3 N–H and O–H groups in total. The number of carboxylic acids is 1. The first-order valence-electron chi connectivity index (χ1n) is 6.16. The third-order valence-corrected chi connectivity index (χ3v) is 2.56. The summed E-state index contributed by atoms with van der Waals surface area (Å²) in [6.45, 7) is 1.98. The molecule has 1 aromatic rings. The number of aromatic carboxylic acids is 1. The average Bonchev–Trinajstić information content (AvgIpc) is 2.40. The van der Waals surface area contributed by atoms with Gasteiger partial charge in [0.2, 0.25) is 5.91 Å². The molecule has 0 fully saturated rings. The van der Waals surface area contributed by atoms with Crippen molar-refractivity contribution < 1.29 is 23.9 Å². The minimum atomic E-state index is -1.24. The van der Waals surface area contributed by atoms with Gasteiger partial charge in [-0.3, -0.25) is 4.79 Å². The number of carbonyl (C=O) groups is 3. The van der Waals surface area contributed by atoms with Gasteiger partial charge in [-0.1, -0.05) is 0 Å². The Morgan fingerprint density at radius 1 is 1.33 bits per heavy atom. The fraction of sp³-hybridized carbons (Fsp3) is 0.308. The molecular weight excluding hydrogens is 281 g/mol. The Kier molecular flexibility index (Phi) is 5.65. The maximum absolute atomic E-state index is 13.5. The molecule has 0 radical (unpaired) electrons. The predicted molar refractivity (Wildman–Crippen MR) is 73.7 cm³/mol. The largest absolute Gasteiger partial charge is 0.478 e. The number of rotatable bonds is 5. The van der Waals surface area contributed by atoms with E-state index in [2.05, 4.69) is 10.6 Å². The van der Waals surface area contributed by atoms with E-state index in [0.29, 0.717) is 6.54 Å². The van der Waals surface area contributed by atoms with Crippen LogP contribution in [0.2, 0.25) is 0 Å². The fourth-order valence-corrected chi connectivity index (χ4v) is 1.51. The van der Waals surface area contributed by atoms with Crippen LogP contribution in [-0.4, -0.2) is 48.1 Å². The number of anilines is 1. The molecule has 8 heteroatoms. The van der Waals surface area contributed by atoms with Gasteiger partial charge in [-0.05, 0) is 25.1 Å². The van der Waals surface area contributed by atoms with E-state index in [0.717, 1.165) is 23.1 Å². The van der Waals surface area contributed by atoms with Crippen molar-refractivity contribution in [3.05, 3.63) is 29.6 Å². The van der Waals surface area contributed by atoms with Gasteiger partial charge in [0, 0.05) is 13.6 Å². The Labute approximate surface area is 120 Å². The highest BCUT2D eigenvalue weighted by molar-refractivity contribution is 5.94. The molecule has 1 aromatic carbocycles. The van der Waals surface area contributed by atoms with E-state index in [1.807, 2.05) is 0 Å². The average molecular weight is 297 g/mol. The molecule has 1 rings (SSSR count). The SMILES string of the molecule is CCNC(=O)CN(C)C(=O)Nc1cc(C(=O)O)ccc1F. The number of nitrogens with zero attached hydrogens (tertiary/aromatic N) is 1. The van der Waals surface area contributed by atoms with E-state index in [1.54, 1.807) is 6.92 Å². The van der Waals surface area contributed by atoms with Crippen LogP contribution in [0, 0.1) is 5.82 Å². The van der Waals surface area contributed by atoms with Crippen molar-refractivity contribution in [3.8, 4) is 0 Å². The summed E-state index contributed by atoms with van der Waals surface area (Å²) in [4.78, 5) is 35.0. The van der Waals surface area contributed by atoms with Gasteiger partial charge in [0.25, 0.3) is 0 Å². The second-order valence-electron chi connectivity index (χ2n) is 4.24. The minimum Gasteiger partial charge on any atom is -0.478 e. The molecule has 0 spiro atoms. The minimum absolute atomic E-state index is 0.155. The Morgan fingerprint density at radius 3 is 2.57 bits per heavy atom. The Morgan fingerprint density at radius 2 is 2.00 bits per heavy atom. The van der Waals surface area contributed by atoms with Crippen LogP contribution in [0.3, 0.4) is 0 Å². The summed E-state index contributed by atoms with van der Waals surface area (Å²) >= 11 is 0. The van der Waals surface area contributed by atoms with Crippen molar-refractivity contribution in [2.45, 2.75) is 6.92 Å². The van der Waals surface area contributed by atoms with Crippen LogP contribution in [0.1, 0.15) is 17.3 Å². The monoisotopic (exact) mass is 297 g/mol. The second kappa shape index (κ2) is 7.22. The first-order chi connectivity index (χ1) is 9.85. The van der Waals surface area contributed by atoms with Crippen molar-refractivity contribution in [1.29, 1.82) is 0 Å². The molecule has 0 atom stereocenters. The number of carbonyl (C=O) groups excluding carboxylic acids is 2. The molecule has 0 heterocycles. The topological polar surface area (TPSA) is 98.7 Å². The standard InChI is InChI=1S/C13H16FN3O4/c1-3-15-11(18)7-17(2)13(21)16-10-6-8(12(19)20)4-5-9(10)14/h4-6H,3,7H2,1-2H3,(H,15,18)(H,16,21)(H,19,20). The van der Waals surface area contributed by atoms with Crippen molar-refractivity contribution >= 4 is 23.6 Å². The normalized spacial score (nSPS) is 9.86. The number of halogens is 1. The molecule has 0 saturated carbocycles. The first-order valence-corrected chi connectivity index (χ1v) is 6.16. The van der Waals surface area contributed by atoms with Gasteiger partial charge < -0.3 is 20.6 Å². The lowest BCUT2D eigenvalue weighted by Gasteiger charge is -2.17. The van der Waals surface area contributed by atoms with E-state index >= 15 is 0 Å². The predicted octanol–water partition coefficient (Wildman–Crippen LogP) is 1.12. The number of urea groups is 1. The smallest absolute Gasteiger partial charge is 0.335 e. The maximum atomic E-state index is 13.5. The molecule has 0 bridgehead atoms. The third-order valence-electron chi connectivity index (χ3n) is 2.56. The van der Waals surface area contributed by atoms with E-state index in [-0.39, 0.29) is 23.7 Å². The van der Waals surface area contributed by atoms with Crippen molar-refractivity contribution in [2.75, 3.05) is 25.5 Å². The number of hydrogen-bond acceptors (Lipinski definition) is 3. The van der Waals surface area contributed by atoms with Gasteiger partial charge in [-0.25, -0.2) is 14.0 Å². The van der Waals surface area contributed by atoms with Crippen LogP contribution >= 0.6 is 0 Å². The zero-order chi connectivity index (χ0) is 16.0. The van der Waals surface area contributed by atoms with Gasteiger partial charge in [-0.2, -0.15) is 0 Å². The highest BCUT2D eigenvalue weighted by atomic mass is 19.1. The number of hydrogen-bond donors (Lipinski definition) is 3. The third kappa shape index (κ3) is 4.75. The van der Waals surface area contributed by atoms with Crippen LogP contribution in [0.4, 0.5) is 14.9 Å².